The molecule has 0 fully saturated rings. The molecule has 0 aromatic carbocycles. The molecule has 0 heterocycles. The van der Waals surface area contributed by atoms with Crippen LogP contribution in [0.15, 0.2) is 12.7 Å². The third-order valence-corrected chi connectivity index (χ3v) is 13.5. The summed E-state index contributed by atoms with van der Waals surface area (Å²) < 4.78 is 6.81. The van der Waals surface area contributed by atoms with Crippen molar-refractivity contribution in [3.05, 3.63) is 12.7 Å². The second-order valence-electron chi connectivity index (χ2n) is 10.2. The first-order valence-electron chi connectivity index (χ1n) is 12.7. The van der Waals surface area contributed by atoms with E-state index >= 15 is 0 Å². The van der Waals surface area contributed by atoms with E-state index in [4.69, 9.17) is 9.22 Å². The van der Waals surface area contributed by atoms with Crippen molar-refractivity contribution in [2.45, 2.75) is 141 Å². The summed E-state index contributed by atoms with van der Waals surface area (Å²) in [5.74, 6) is 0. The van der Waals surface area contributed by atoms with Gasteiger partial charge in [-0.05, 0) is 57.5 Å². The summed E-state index contributed by atoms with van der Waals surface area (Å²) in [6.07, 6.45) is 23.1. The molecule has 0 atom stereocenters. The Labute approximate surface area is 186 Å². The summed E-state index contributed by atoms with van der Waals surface area (Å²) >= 11 is 0. The average Bonchev–Trinajstić information content (AvgIpc) is 2.64. The van der Waals surface area contributed by atoms with E-state index in [2.05, 4.69) is 32.8 Å². The Balaban J connectivity index is 3.69. The molecule has 174 valence electrons. The number of aliphatic hydroxyl groups excluding tert-OH is 1. The third-order valence-electron chi connectivity index (χ3n) is 5.93. The lowest BCUT2D eigenvalue weighted by molar-refractivity contribution is 0.282. The summed E-state index contributed by atoms with van der Waals surface area (Å²) in [5, 5.41) is 8.79. The smallest absolute Gasteiger partial charge is 0.173 e. The van der Waals surface area contributed by atoms with Crippen molar-refractivity contribution < 1.29 is 9.22 Å². The molecule has 0 rings (SSSR count). The zero-order valence-electron chi connectivity index (χ0n) is 20.6. The van der Waals surface area contributed by atoms with Crippen LogP contribution in [-0.4, -0.2) is 28.3 Å². The van der Waals surface area contributed by atoms with E-state index in [0.717, 1.165) is 6.42 Å². The molecule has 0 aromatic heterocycles. The van der Waals surface area contributed by atoms with Crippen LogP contribution in [-0.2, 0) is 4.12 Å². The largest absolute Gasteiger partial charge is 0.455 e. The van der Waals surface area contributed by atoms with Crippen molar-refractivity contribution in [3.8, 4) is 0 Å². The Morgan fingerprint density at radius 2 is 0.931 bits per heavy atom. The molecule has 0 aliphatic heterocycles. The van der Waals surface area contributed by atoms with E-state index in [1.54, 1.807) is 0 Å². The predicted molar refractivity (Wildman–Crippen MR) is 137 cm³/mol. The average molecular weight is 443 g/mol. The lowest BCUT2D eigenvalue weighted by Crippen LogP contribution is -2.44. The van der Waals surface area contributed by atoms with Crippen LogP contribution < -0.4 is 0 Å². The number of rotatable bonds is 22. The van der Waals surface area contributed by atoms with Gasteiger partial charge in [-0.25, -0.2) is 0 Å². The Hall–Kier alpha value is 0.0938. The second-order valence-corrected chi connectivity index (χ2v) is 19.1. The van der Waals surface area contributed by atoms with E-state index in [0.29, 0.717) is 6.61 Å². The van der Waals surface area contributed by atoms with Gasteiger partial charge in [-0.15, -0.1) is 6.58 Å². The molecule has 29 heavy (non-hydrogen) atoms. The zero-order chi connectivity index (χ0) is 21.8. The summed E-state index contributed by atoms with van der Waals surface area (Å²) in [7, 11) is -2.98. The predicted octanol–water partition coefficient (Wildman–Crippen LogP) is 8.83. The summed E-state index contributed by atoms with van der Waals surface area (Å²) in [4.78, 5) is 0. The molecule has 0 spiro atoms. The molecule has 0 aliphatic rings. The molecule has 2 nitrogen and oxygen atoms in total. The highest BCUT2D eigenvalue weighted by Crippen LogP contribution is 2.26. The van der Waals surface area contributed by atoms with Crippen LogP contribution in [0.4, 0.5) is 0 Å². The minimum absolute atomic E-state index is 0.359. The van der Waals surface area contributed by atoms with Gasteiger partial charge in [0, 0.05) is 6.61 Å². The minimum Gasteiger partial charge on any atom is -0.455 e. The molecule has 0 unspecified atom stereocenters. The molecule has 0 amide bonds. The van der Waals surface area contributed by atoms with Crippen LogP contribution in [0.5, 0.6) is 0 Å². The Morgan fingerprint density at radius 1 is 0.586 bits per heavy atom. The van der Waals surface area contributed by atoms with E-state index in [1.807, 2.05) is 6.08 Å². The van der Waals surface area contributed by atoms with Crippen LogP contribution in [0.1, 0.15) is 103 Å². The number of hydrogen-bond acceptors (Lipinski definition) is 2. The van der Waals surface area contributed by atoms with Crippen molar-refractivity contribution in [2.75, 3.05) is 6.61 Å². The van der Waals surface area contributed by atoms with Gasteiger partial charge < -0.3 is 9.22 Å². The van der Waals surface area contributed by atoms with E-state index in [1.165, 1.54) is 108 Å². The van der Waals surface area contributed by atoms with Crippen molar-refractivity contribution >= 4 is 16.6 Å². The van der Waals surface area contributed by atoms with Crippen molar-refractivity contribution in [1.29, 1.82) is 0 Å². The van der Waals surface area contributed by atoms with Gasteiger partial charge in [0.05, 0.1) is 0 Å². The third kappa shape index (κ3) is 21.1. The molecule has 1 N–H and O–H groups in total. The standard InChI is InChI=1S/C25H54O2Si2/c1-6-7-8-9-10-15-18-21-24-28(2,3)27-29(4,5)25-22-19-16-13-11-12-14-17-20-23-26/h6,26H,1,7-25H2,2-5H3. The molecule has 0 saturated heterocycles. The van der Waals surface area contributed by atoms with Gasteiger partial charge in [0.2, 0.25) is 0 Å². The zero-order valence-corrected chi connectivity index (χ0v) is 22.6. The first-order chi connectivity index (χ1) is 13.8. The maximum absolute atomic E-state index is 8.79. The van der Waals surface area contributed by atoms with Gasteiger partial charge in [0.25, 0.3) is 0 Å². The topological polar surface area (TPSA) is 29.5 Å². The van der Waals surface area contributed by atoms with Crippen LogP contribution in [0, 0.1) is 0 Å². The van der Waals surface area contributed by atoms with Crippen molar-refractivity contribution in [2.24, 2.45) is 0 Å². The maximum atomic E-state index is 8.79. The van der Waals surface area contributed by atoms with E-state index in [9.17, 15) is 0 Å². The van der Waals surface area contributed by atoms with Crippen LogP contribution in [0.25, 0.3) is 0 Å². The highest BCUT2D eigenvalue weighted by atomic mass is 28.4. The van der Waals surface area contributed by atoms with Gasteiger partial charge in [-0.3, -0.25) is 0 Å². The van der Waals surface area contributed by atoms with Crippen LogP contribution in [0.2, 0.25) is 38.3 Å². The maximum Gasteiger partial charge on any atom is 0.173 e. The van der Waals surface area contributed by atoms with Crippen molar-refractivity contribution in [3.63, 3.8) is 0 Å². The summed E-state index contributed by atoms with van der Waals surface area (Å²) in [6.45, 7) is 13.9. The van der Waals surface area contributed by atoms with Gasteiger partial charge in [-0.2, -0.15) is 0 Å². The monoisotopic (exact) mass is 442 g/mol. The first kappa shape index (κ1) is 29.1. The van der Waals surface area contributed by atoms with Crippen molar-refractivity contribution in [1.82, 2.24) is 0 Å². The van der Waals surface area contributed by atoms with Gasteiger partial charge in [0.15, 0.2) is 16.6 Å². The van der Waals surface area contributed by atoms with Gasteiger partial charge in [0.1, 0.15) is 0 Å². The fourth-order valence-electron chi connectivity index (χ4n) is 4.30. The molecule has 0 aliphatic carbocycles. The molecular weight excluding hydrogens is 388 g/mol. The van der Waals surface area contributed by atoms with Crippen LogP contribution >= 0.6 is 0 Å². The molecule has 0 aromatic rings. The molecular formula is C25H54O2Si2. The molecule has 4 heteroatoms. The lowest BCUT2D eigenvalue weighted by Gasteiger charge is -2.34. The first-order valence-corrected chi connectivity index (χ1v) is 19.0. The lowest BCUT2D eigenvalue weighted by atomic mass is 10.1. The fraction of sp³-hybridized carbons (Fsp3) is 0.920. The van der Waals surface area contributed by atoms with Gasteiger partial charge in [-0.1, -0.05) is 89.5 Å². The second kappa shape index (κ2) is 18.8. The number of aliphatic hydroxyl groups is 1. The van der Waals surface area contributed by atoms with Crippen LogP contribution in [0.3, 0.4) is 0 Å². The molecule has 0 radical (unpaired) electrons. The molecule has 0 saturated carbocycles. The Morgan fingerprint density at radius 3 is 1.31 bits per heavy atom. The van der Waals surface area contributed by atoms with E-state index in [-0.39, 0.29) is 0 Å². The molecule has 0 bridgehead atoms. The Bertz CT molecular complexity index is 370. The number of hydrogen-bond donors (Lipinski definition) is 1. The SMILES string of the molecule is C=CCCCCCCCC[Si](C)(C)O[Si](C)(C)CCCCCCCCCCCO. The number of allylic oxidation sites excluding steroid dienone is 1. The minimum atomic E-state index is -1.49. The van der Waals surface area contributed by atoms with E-state index < -0.39 is 16.6 Å². The van der Waals surface area contributed by atoms with Gasteiger partial charge >= 0.3 is 0 Å². The normalized spacial score (nSPS) is 12.4. The highest BCUT2D eigenvalue weighted by molar-refractivity contribution is 6.84. The quantitative estimate of drug-likeness (QED) is 0.103. The number of unbranched alkanes of at least 4 members (excludes halogenated alkanes) is 14. The summed E-state index contributed by atoms with van der Waals surface area (Å²) in [5.41, 5.74) is 0. The highest BCUT2D eigenvalue weighted by Gasteiger charge is 2.32. The summed E-state index contributed by atoms with van der Waals surface area (Å²) in [6, 6.07) is 2.68. The fourth-order valence-corrected chi connectivity index (χ4v) is 13.3. The Kier molecular flexibility index (Phi) is 18.9.